The van der Waals surface area contributed by atoms with Crippen molar-refractivity contribution in [3.63, 3.8) is 0 Å². The molecule has 4 aromatic carbocycles. The van der Waals surface area contributed by atoms with Crippen LogP contribution in [0.1, 0.15) is 59.9 Å². The van der Waals surface area contributed by atoms with Crippen LogP contribution in [0.3, 0.4) is 0 Å². The lowest BCUT2D eigenvalue weighted by atomic mass is 9.94. The van der Waals surface area contributed by atoms with Crippen molar-refractivity contribution in [2.45, 2.75) is 82.8 Å². The highest BCUT2D eigenvalue weighted by atomic mass is 35.5. The van der Waals surface area contributed by atoms with Gasteiger partial charge in [-0.2, -0.15) is 0 Å². The van der Waals surface area contributed by atoms with E-state index in [9.17, 15) is 18.0 Å². The van der Waals surface area contributed by atoms with Gasteiger partial charge in [0.2, 0.25) is 11.8 Å². The Balaban J connectivity index is 1.59. The first-order chi connectivity index (χ1) is 23.0. The summed E-state index contributed by atoms with van der Waals surface area (Å²) in [5.74, 6) is -0.732. The fraction of sp³-hybridized carbons (Fsp3) is 0.333. The maximum absolute atomic E-state index is 14.8. The van der Waals surface area contributed by atoms with Crippen LogP contribution in [0, 0.1) is 20.8 Å². The number of nitrogens with one attached hydrogen (secondary N) is 1. The molecule has 1 fully saturated rings. The third kappa shape index (κ3) is 8.85. The standard InChI is InChI=1S/C39H44ClN3O4S/c1-28-17-21-35(22-18-28)48(46,47)43(36-25-33(40)20-19-30(36)3)27-38(44)42(26-32-14-10-11-29(2)23-32)37(24-31-12-6-4-7-13-31)39(45)41-34-15-8-5-9-16-34/h4,6-7,10-14,17-23,25,34,37H,5,8-9,15-16,24,26-27H2,1-3H3,(H,41,45). The minimum absolute atomic E-state index is 0.0352. The lowest BCUT2D eigenvalue weighted by Gasteiger charge is -2.35. The van der Waals surface area contributed by atoms with E-state index in [0.29, 0.717) is 16.3 Å². The maximum Gasteiger partial charge on any atom is 0.264 e. The van der Waals surface area contributed by atoms with Crippen LogP contribution in [0.15, 0.2) is 102 Å². The van der Waals surface area contributed by atoms with Crippen LogP contribution in [0.5, 0.6) is 0 Å². The summed E-state index contributed by atoms with van der Waals surface area (Å²) in [5.41, 5.74) is 4.62. The molecule has 4 aromatic rings. The predicted octanol–water partition coefficient (Wildman–Crippen LogP) is 7.55. The van der Waals surface area contributed by atoms with Crippen molar-refractivity contribution in [2.75, 3.05) is 10.8 Å². The Kier molecular flexibility index (Phi) is 11.6. The fourth-order valence-corrected chi connectivity index (χ4v) is 7.94. The lowest BCUT2D eigenvalue weighted by molar-refractivity contribution is -0.140. The molecular weight excluding hydrogens is 642 g/mol. The fourth-order valence-electron chi connectivity index (χ4n) is 6.31. The van der Waals surface area contributed by atoms with Crippen molar-refractivity contribution < 1.29 is 18.0 Å². The first-order valence-electron chi connectivity index (χ1n) is 16.6. The average molecular weight is 686 g/mol. The largest absolute Gasteiger partial charge is 0.352 e. The van der Waals surface area contributed by atoms with Crippen LogP contribution in [-0.2, 0) is 32.6 Å². The van der Waals surface area contributed by atoms with Crippen molar-refractivity contribution in [1.29, 1.82) is 0 Å². The highest BCUT2D eigenvalue weighted by Gasteiger charge is 2.36. The van der Waals surface area contributed by atoms with Gasteiger partial charge in [-0.05, 0) is 74.6 Å². The van der Waals surface area contributed by atoms with E-state index in [2.05, 4.69) is 5.32 Å². The van der Waals surface area contributed by atoms with Crippen LogP contribution in [0.25, 0.3) is 0 Å². The molecule has 0 saturated heterocycles. The molecule has 0 aromatic heterocycles. The van der Waals surface area contributed by atoms with Crippen LogP contribution >= 0.6 is 11.6 Å². The van der Waals surface area contributed by atoms with Crippen molar-refractivity contribution in [3.8, 4) is 0 Å². The summed E-state index contributed by atoms with van der Waals surface area (Å²) in [6.45, 7) is 5.25. The number of hydrogen-bond donors (Lipinski definition) is 1. The average Bonchev–Trinajstić information content (AvgIpc) is 3.07. The Labute approximate surface area is 290 Å². The smallest absolute Gasteiger partial charge is 0.264 e. The highest BCUT2D eigenvalue weighted by Crippen LogP contribution is 2.30. The molecule has 1 aliphatic carbocycles. The van der Waals surface area contributed by atoms with E-state index >= 15 is 0 Å². The number of rotatable bonds is 12. The van der Waals surface area contributed by atoms with Gasteiger partial charge in [-0.15, -0.1) is 0 Å². The van der Waals surface area contributed by atoms with Crippen molar-refractivity contribution in [3.05, 3.63) is 130 Å². The Morgan fingerprint density at radius 2 is 1.50 bits per heavy atom. The summed E-state index contributed by atoms with van der Waals surface area (Å²) < 4.78 is 29.8. The van der Waals surface area contributed by atoms with E-state index in [1.807, 2.05) is 68.4 Å². The Bertz CT molecular complexity index is 1820. The second-order valence-electron chi connectivity index (χ2n) is 12.8. The number of carbonyl (C=O) groups is 2. The Morgan fingerprint density at radius 3 is 2.19 bits per heavy atom. The lowest BCUT2D eigenvalue weighted by Crippen LogP contribution is -2.55. The molecule has 48 heavy (non-hydrogen) atoms. The van der Waals surface area contributed by atoms with E-state index in [4.69, 9.17) is 11.6 Å². The number of halogens is 1. The van der Waals surface area contributed by atoms with Gasteiger partial charge in [0.05, 0.1) is 10.6 Å². The molecule has 0 aliphatic heterocycles. The zero-order valence-electron chi connectivity index (χ0n) is 27.9. The topological polar surface area (TPSA) is 86.8 Å². The van der Waals surface area contributed by atoms with Gasteiger partial charge in [-0.25, -0.2) is 8.42 Å². The summed E-state index contributed by atoms with van der Waals surface area (Å²) in [6.07, 6.45) is 5.30. The van der Waals surface area contributed by atoms with Gasteiger partial charge in [-0.1, -0.05) is 115 Å². The molecule has 0 radical (unpaired) electrons. The highest BCUT2D eigenvalue weighted by molar-refractivity contribution is 7.92. The van der Waals surface area contributed by atoms with Crippen LogP contribution in [0.2, 0.25) is 5.02 Å². The third-order valence-corrected chi connectivity index (χ3v) is 11.0. The monoisotopic (exact) mass is 685 g/mol. The first-order valence-corrected chi connectivity index (χ1v) is 18.4. The van der Waals surface area contributed by atoms with Gasteiger partial charge in [0.1, 0.15) is 12.6 Å². The summed E-state index contributed by atoms with van der Waals surface area (Å²) in [5, 5.41) is 3.60. The molecule has 1 N–H and O–H groups in total. The number of carbonyl (C=O) groups excluding carboxylic acids is 2. The minimum atomic E-state index is -4.22. The van der Waals surface area contributed by atoms with Crippen LogP contribution in [-0.4, -0.2) is 43.8 Å². The molecule has 0 bridgehead atoms. The van der Waals surface area contributed by atoms with Crippen molar-refractivity contribution in [1.82, 2.24) is 10.2 Å². The van der Waals surface area contributed by atoms with Gasteiger partial charge in [-0.3, -0.25) is 13.9 Å². The number of hydrogen-bond acceptors (Lipinski definition) is 4. The van der Waals surface area contributed by atoms with Gasteiger partial charge in [0.25, 0.3) is 10.0 Å². The number of benzene rings is 4. The van der Waals surface area contributed by atoms with E-state index in [1.54, 1.807) is 54.3 Å². The quantitative estimate of drug-likeness (QED) is 0.167. The maximum atomic E-state index is 14.8. The molecule has 1 aliphatic rings. The summed E-state index contributed by atoms with van der Waals surface area (Å²) in [7, 11) is -4.22. The molecule has 1 atom stereocenters. The SMILES string of the molecule is Cc1ccc(S(=O)(=O)N(CC(=O)N(Cc2cccc(C)c2)C(Cc2ccccc2)C(=O)NC2CCCCC2)c2cc(Cl)ccc2C)cc1. The zero-order valence-corrected chi connectivity index (χ0v) is 29.4. The van der Waals surface area contributed by atoms with Crippen molar-refractivity contribution >= 4 is 39.1 Å². The molecule has 9 heteroatoms. The molecule has 252 valence electrons. The number of aryl methyl sites for hydroxylation is 3. The second-order valence-corrected chi connectivity index (χ2v) is 15.1. The molecule has 2 amide bonds. The molecule has 7 nitrogen and oxygen atoms in total. The summed E-state index contributed by atoms with van der Waals surface area (Å²) in [4.78, 5) is 30.7. The molecule has 5 rings (SSSR count). The van der Waals surface area contributed by atoms with E-state index < -0.39 is 28.5 Å². The second kappa shape index (κ2) is 15.8. The summed E-state index contributed by atoms with van der Waals surface area (Å²) >= 11 is 6.40. The third-order valence-electron chi connectivity index (χ3n) is 8.99. The van der Waals surface area contributed by atoms with Gasteiger partial charge < -0.3 is 10.2 Å². The summed E-state index contributed by atoms with van der Waals surface area (Å²) in [6, 6.07) is 28.1. The van der Waals surface area contributed by atoms with Crippen LogP contribution in [0.4, 0.5) is 5.69 Å². The molecule has 0 spiro atoms. The van der Waals surface area contributed by atoms with Crippen LogP contribution < -0.4 is 9.62 Å². The van der Waals surface area contributed by atoms with E-state index in [1.165, 1.54) is 0 Å². The number of sulfonamides is 1. The molecule has 1 unspecified atom stereocenters. The first kappa shape index (κ1) is 35.2. The van der Waals surface area contributed by atoms with Gasteiger partial charge in [0, 0.05) is 24.0 Å². The molecule has 1 saturated carbocycles. The van der Waals surface area contributed by atoms with Crippen molar-refractivity contribution in [2.24, 2.45) is 0 Å². The van der Waals surface area contributed by atoms with Gasteiger partial charge >= 0.3 is 0 Å². The molecule has 0 heterocycles. The number of nitrogens with zero attached hydrogens (tertiary/aromatic N) is 2. The van der Waals surface area contributed by atoms with E-state index in [0.717, 1.165) is 58.7 Å². The zero-order chi connectivity index (χ0) is 34.3. The predicted molar refractivity (Wildman–Crippen MR) is 193 cm³/mol. The Morgan fingerprint density at radius 1 is 0.812 bits per heavy atom. The van der Waals surface area contributed by atoms with Gasteiger partial charge in [0.15, 0.2) is 0 Å². The normalized spacial score (nSPS) is 14.2. The molecular formula is C39H44ClN3O4S. The number of anilines is 1. The van der Waals surface area contributed by atoms with E-state index in [-0.39, 0.29) is 29.8 Å². The minimum Gasteiger partial charge on any atom is -0.352 e. The number of amides is 2. The Hall–Kier alpha value is -4.14.